The van der Waals surface area contributed by atoms with Gasteiger partial charge in [0, 0.05) is 10.6 Å². The molecule has 4 nitrogen and oxygen atoms in total. The maximum Gasteiger partial charge on any atom is 0.355 e. The van der Waals surface area contributed by atoms with Crippen molar-refractivity contribution >= 4 is 33.5 Å². The standard InChI is InChI=1S/C10H6BrClN2O2/c11-7-8(13-14-9(7)10(15)16)5-2-1-3-6(12)4-5/h1-4H,(H,13,14)(H,15,16). The summed E-state index contributed by atoms with van der Waals surface area (Å²) in [5.41, 5.74) is 1.30. The minimum Gasteiger partial charge on any atom is -0.476 e. The Morgan fingerprint density at radius 2 is 2.25 bits per heavy atom. The number of hydrogen-bond donors (Lipinski definition) is 2. The number of carbonyl (C=O) groups is 1. The van der Waals surface area contributed by atoms with Crippen LogP contribution in [0.5, 0.6) is 0 Å². The molecule has 0 aliphatic rings. The molecule has 0 atom stereocenters. The first-order valence-corrected chi connectivity index (χ1v) is 5.50. The van der Waals surface area contributed by atoms with Crippen LogP contribution in [0.25, 0.3) is 11.3 Å². The van der Waals surface area contributed by atoms with Crippen LogP contribution in [-0.4, -0.2) is 21.3 Å². The van der Waals surface area contributed by atoms with Gasteiger partial charge in [0.1, 0.15) is 5.69 Å². The van der Waals surface area contributed by atoms with Crippen LogP contribution >= 0.6 is 27.5 Å². The molecule has 0 saturated carbocycles. The predicted octanol–water partition coefficient (Wildman–Crippen LogP) is 3.19. The summed E-state index contributed by atoms with van der Waals surface area (Å²) in [6.45, 7) is 0. The second kappa shape index (κ2) is 4.27. The van der Waals surface area contributed by atoms with Gasteiger partial charge in [-0.15, -0.1) is 0 Å². The minimum absolute atomic E-state index is 0.0231. The number of aromatic nitrogens is 2. The van der Waals surface area contributed by atoms with Gasteiger partial charge in [-0.1, -0.05) is 23.7 Å². The molecule has 16 heavy (non-hydrogen) atoms. The number of aromatic amines is 1. The number of aromatic carboxylic acids is 1. The van der Waals surface area contributed by atoms with Crippen LogP contribution in [0.2, 0.25) is 5.02 Å². The second-order valence-electron chi connectivity index (χ2n) is 3.08. The van der Waals surface area contributed by atoms with Crippen molar-refractivity contribution in [2.24, 2.45) is 0 Å². The predicted molar refractivity (Wildman–Crippen MR) is 63.7 cm³/mol. The average Bonchev–Trinajstić information content (AvgIpc) is 2.60. The van der Waals surface area contributed by atoms with Gasteiger partial charge in [-0.2, -0.15) is 5.10 Å². The van der Waals surface area contributed by atoms with Crippen molar-refractivity contribution in [3.63, 3.8) is 0 Å². The molecule has 0 unspecified atom stereocenters. The first-order chi connectivity index (χ1) is 7.59. The van der Waals surface area contributed by atoms with E-state index in [0.717, 1.165) is 5.56 Å². The molecule has 0 spiro atoms. The van der Waals surface area contributed by atoms with E-state index in [1.807, 2.05) is 0 Å². The third-order valence-electron chi connectivity index (χ3n) is 2.02. The molecular formula is C10H6BrClN2O2. The molecular weight excluding hydrogens is 295 g/mol. The molecule has 0 amide bonds. The van der Waals surface area contributed by atoms with E-state index in [-0.39, 0.29) is 5.69 Å². The Morgan fingerprint density at radius 3 is 2.81 bits per heavy atom. The lowest BCUT2D eigenvalue weighted by molar-refractivity contribution is 0.0689. The number of H-pyrrole nitrogens is 1. The highest BCUT2D eigenvalue weighted by molar-refractivity contribution is 9.10. The Hall–Kier alpha value is -1.33. The van der Waals surface area contributed by atoms with Crippen LogP contribution in [0, 0.1) is 0 Å². The smallest absolute Gasteiger partial charge is 0.355 e. The summed E-state index contributed by atoms with van der Waals surface area (Å²) in [5.74, 6) is -1.06. The van der Waals surface area contributed by atoms with Crippen LogP contribution in [0.15, 0.2) is 28.7 Å². The molecule has 82 valence electrons. The third kappa shape index (κ3) is 1.96. The van der Waals surface area contributed by atoms with Crippen LogP contribution in [-0.2, 0) is 0 Å². The number of nitrogens with one attached hydrogen (secondary N) is 1. The summed E-state index contributed by atoms with van der Waals surface area (Å²) in [5, 5.41) is 15.8. The number of carboxylic acids is 1. The zero-order valence-electron chi connectivity index (χ0n) is 7.87. The number of nitrogens with zero attached hydrogens (tertiary/aromatic N) is 1. The van der Waals surface area contributed by atoms with Crippen molar-refractivity contribution in [3.05, 3.63) is 39.5 Å². The summed E-state index contributed by atoms with van der Waals surface area (Å²) in [4.78, 5) is 10.8. The lowest BCUT2D eigenvalue weighted by atomic mass is 10.1. The fourth-order valence-corrected chi connectivity index (χ4v) is 2.06. The van der Waals surface area contributed by atoms with E-state index in [2.05, 4.69) is 26.1 Å². The second-order valence-corrected chi connectivity index (χ2v) is 4.31. The van der Waals surface area contributed by atoms with E-state index in [1.165, 1.54) is 0 Å². The lowest BCUT2D eigenvalue weighted by Gasteiger charge is -1.98. The minimum atomic E-state index is -1.06. The summed E-state index contributed by atoms with van der Waals surface area (Å²) >= 11 is 9.04. The Kier molecular flexibility index (Phi) is 2.98. The van der Waals surface area contributed by atoms with Gasteiger partial charge < -0.3 is 5.11 Å². The van der Waals surface area contributed by atoms with Crippen LogP contribution in [0.4, 0.5) is 0 Å². The molecule has 2 rings (SSSR count). The highest BCUT2D eigenvalue weighted by atomic mass is 79.9. The molecule has 1 aromatic heterocycles. The SMILES string of the molecule is O=C(O)c1[nH]nc(-c2cccc(Cl)c2)c1Br. The van der Waals surface area contributed by atoms with Crippen molar-refractivity contribution in [1.82, 2.24) is 10.2 Å². The zero-order chi connectivity index (χ0) is 11.7. The Bertz CT molecular complexity index is 554. The van der Waals surface area contributed by atoms with E-state index in [0.29, 0.717) is 15.2 Å². The highest BCUT2D eigenvalue weighted by Gasteiger charge is 2.17. The number of rotatable bonds is 2. The van der Waals surface area contributed by atoms with E-state index >= 15 is 0 Å². The van der Waals surface area contributed by atoms with Gasteiger partial charge in [0.05, 0.1) is 4.47 Å². The molecule has 2 N–H and O–H groups in total. The molecule has 1 heterocycles. The molecule has 0 aliphatic heterocycles. The molecule has 0 bridgehead atoms. The number of hydrogen-bond acceptors (Lipinski definition) is 2. The first kappa shape index (κ1) is 11.2. The largest absolute Gasteiger partial charge is 0.476 e. The van der Waals surface area contributed by atoms with Crippen molar-refractivity contribution in [3.8, 4) is 11.3 Å². The zero-order valence-corrected chi connectivity index (χ0v) is 10.2. The average molecular weight is 302 g/mol. The molecule has 0 aliphatic carbocycles. The highest BCUT2D eigenvalue weighted by Crippen LogP contribution is 2.30. The van der Waals surface area contributed by atoms with Gasteiger partial charge in [-0.25, -0.2) is 4.79 Å². The van der Waals surface area contributed by atoms with Crippen LogP contribution < -0.4 is 0 Å². The third-order valence-corrected chi connectivity index (χ3v) is 3.03. The maximum absolute atomic E-state index is 10.8. The molecule has 6 heteroatoms. The fraction of sp³-hybridized carbons (Fsp3) is 0. The van der Waals surface area contributed by atoms with Gasteiger partial charge >= 0.3 is 5.97 Å². The normalized spacial score (nSPS) is 10.4. The van der Waals surface area contributed by atoms with Gasteiger partial charge in [0.15, 0.2) is 5.69 Å². The van der Waals surface area contributed by atoms with E-state index in [9.17, 15) is 4.79 Å². The maximum atomic E-state index is 10.8. The van der Waals surface area contributed by atoms with Crippen LogP contribution in [0.3, 0.4) is 0 Å². The molecule has 1 aromatic carbocycles. The van der Waals surface area contributed by atoms with Crippen LogP contribution in [0.1, 0.15) is 10.5 Å². The van der Waals surface area contributed by atoms with Crippen molar-refractivity contribution in [2.75, 3.05) is 0 Å². The first-order valence-electron chi connectivity index (χ1n) is 4.32. The molecule has 0 radical (unpaired) electrons. The molecule has 0 fully saturated rings. The Balaban J connectivity index is 2.53. The number of carboxylic acid groups (broad SMARTS) is 1. The molecule has 2 aromatic rings. The van der Waals surface area contributed by atoms with Crippen molar-refractivity contribution < 1.29 is 9.90 Å². The van der Waals surface area contributed by atoms with E-state index in [4.69, 9.17) is 16.7 Å². The number of benzene rings is 1. The fourth-order valence-electron chi connectivity index (χ4n) is 1.30. The summed E-state index contributed by atoms with van der Waals surface area (Å²) < 4.78 is 0.419. The van der Waals surface area contributed by atoms with Gasteiger partial charge in [0.25, 0.3) is 0 Å². The Labute approximate surface area is 104 Å². The van der Waals surface area contributed by atoms with Gasteiger partial charge in [-0.3, -0.25) is 5.10 Å². The monoisotopic (exact) mass is 300 g/mol. The quantitative estimate of drug-likeness (QED) is 0.895. The summed E-state index contributed by atoms with van der Waals surface area (Å²) in [7, 11) is 0. The van der Waals surface area contributed by atoms with Crippen molar-refractivity contribution in [1.29, 1.82) is 0 Å². The Morgan fingerprint density at radius 1 is 1.50 bits per heavy atom. The topological polar surface area (TPSA) is 66.0 Å². The van der Waals surface area contributed by atoms with Gasteiger partial charge in [-0.05, 0) is 28.1 Å². The lowest BCUT2D eigenvalue weighted by Crippen LogP contribution is -1.96. The summed E-state index contributed by atoms with van der Waals surface area (Å²) in [6, 6.07) is 7.04. The van der Waals surface area contributed by atoms with E-state index < -0.39 is 5.97 Å². The summed E-state index contributed by atoms with van der Waals surface area (Å²) in [6.07, 6.45) is 0. The van der Waals surface area contributed by atoms with E-state index in [1.54, 1.807) is 24.3 Å². The molecule has 0 saturated heterocycles. The number of halogens is 2. The van der Waals surface area contributed by atoms with Crippen molar-refractivity contribution in [2.45, 2.75) is 0 Å². The van der Waals surface area contributed by atoms with Gasteiger partial charge in [0.2, 0.25) is 0 Å².